The topological polar surface area (TPSA) is 52.6 Å². The van der Waals surface area contributed by atoms with E-state index in [9.17, 15) is 9.59 Å². The Morgan fingerprint density at radius 3 is 2.83 bits per heavy atom. The number of hydrogen-bond donors (Lipinski definition) is 0. The van der Waals surface area contributed by atoms with Gasteiger partial charge in [0.15, 0.2) is 5.43 Å². The van der Waals surface area contributed by atoms with Gasteiger partial charge in [-0.15, -0.1) is 0 Å². The van der Waals surface area contributed by atoms with Gasteiger partial charge in [0, 0.05) is 17.8 Å². The van der Waals surface area contributed by atoms with Crippen molar-refractivity contribution in [2.24, 2.45) is 17.3 Å². The summed E-state index contributed by atoms with van der Waals surface area (Å²) in [5.74, 6) is 0.594. The molecule has 118 valence electrons. The molecule has 1 aromatic rings. The van der Waals surface area contributed by atoms with Gasteiger partial charge in [0.25, 0.3) is 0 Å². The average Bonchev–Trinajstić information content (AvgIpc) is 2.95. The lowest BCUT2D eigenvalue weighted by Gasteiger charge is -2.57. The molecule has 4 heteroatoms. The van der Waals surface area contributed by atoms with Crippen molar-refractivity contribution in [1.82, 2.24) is 0 Å². The van der Waals surface area contributed by atoms with Gasteiger partial charge >= 0.3 is 5.97 Å². The summed E-state index contributed by atoms with van der Waals surface area (Å²) in [5.41, 5.74) is 4.19. The molecule has 6 aliphatic rings. The zero-order valence-corrected chi connectivity index (χ0v) is 13.2. The van der Waals surface area contributed by atoms with Gasteiger partial charge in [0.05, 0.1) is 17.6 Å². The highest BCUT2D eigenvalue weighted by Crippen LogP contribution is 2.73. The second kappa shape index (κ2) is 3.54. The standard InChI is InChI=1S/C19H18O4/c1-7-5-10(20)6-9-3-4-19-8(2)15-17(23-18(19)21)13-14(19)12(9)11(7)16(13)22-15/h5-6,8,13-17H,3-4H2,1-2H3/t8-,13-,14-,15+,16+,17-,19-/m1/s1. The Labute approximate surface area is 133 Å². The summed E-state index contributed by atoms with van der Waals surface area (Å²) in [6.07, 6.45) is 1.47. The maximum absolute atomic E-state index is 12.9. The van der Waals surface area contributed by atoms with Crippen LogP contribution in [0, 0.1) is 24.2 Å². The van der Waals surface area contributed by atoms with Gasteiger partial charge in [0.2, 0.25) is 0 Å². The van der Waals surface area contributed by atoms with Crippen LogP contribution < -0.4 is 5.43 Å². The Morgan fingerprint density at radius 2 is 2.00 bits per heavy atom. The molecule has 4 nitrogen and oxygen atoms in total. The van der Waals surface area contributed by atoms with E-state index in [0.29, 0.717) is 0 Å². The van der Waals surface area contributed by atoms with Crippen LogP contribution in [0.3, 0.4) is 0 Å². The molecule has 0 unspecified atom stereocenters. The number of esters is 1. The second-order valence-corrected chi connectivity index (χ2v) is 8.00. The Bertz CT molecular complexity index is 859. The number of ether oxygens (including phenoxy) is 2. The van der Waals surface area contributed by atoms with Crippen LogP contribution in [0.1, 0.15) is 47.6 Å². The maximum Gasteiger partial charge on any atom is 0.313 e. The predicted molar refractivity (Wildman–Crippen MR) is 81.1 cm³/mol. The van der Waals surface area contributed by atoms with Gasteiger partial charge in [-0.3, -0.25) is 9.59 Å². The summed E-state index contributed by atoms with van der Waals surface area (Å²) >= 11 is 0. The molecule has 23 heavy (non-hydrogen) atoms. The predicted octanol–water partition coefficient (Wildman–Crippen LogP) is 2.02. The molecular formula is C19H18O4. The van der Waals surface area contributed by atoms with Crippen LogP contribution in [0.25, 0.3) is 0 Å². The summed E-state index contributed by atoms with van der Waals surface area (Å²) in [6.45, 7) is 4.17. The van der Waals surface area contributed by atoms with Crippen molar-refractivity contribution >= 4 is 5.97 Å². The number of aryl methyl sites for hydroxylation is 2. The highest BCUT2D eigenvalue weighted by Gasteiger charge is 2.76. The summed E-state index contributed by atoms with van der Waals surface area (Å²) in [7, 11) is 0. The lowest BCUT2D eigenvalue weighted by atomic mass is 9.50. The van der Waals surface area contributed by atoms with Crippen LogP contribution >= 0.6 is 0 Å². The Balaban J connectivity index is 1.78. The molecule has 7 atom stereocenters. The van der Waals surface area contributed by atoms with E-state index >= 15 is 0 Å². The van der Waals surface area contributed by atoms with E-state index in [0.717, 1.165) is 24.0 Å². The van der Waals surface area contributed by atoms with Crippen molar-refractivity contribution in [2.75, 3.05) is 0 Å². The molecule has 1 saturated carbocycles. The minimum Gasteiger partial charge on any atom is -0.459 e. The van der Waals surface area contributed by atoms with Crippen molar-refractivity contribution in [3.8, 4) is 0 Å². The third-order valence-corrected chi connectivity index (χ3v) is 7.36. The number of carbonyl (C=O) groups is 1. The van der Waals surface area contributed by atoms with E-state index < -0.39 is 5.41 Å². The van der Waals surface area contributed by atoms with Crippen molar-refractivity contribution in [2.45, 2.75) is 50.9 Å². The molecule has 0 radical (unpaired) electrons. The van der Waals surface area contributed by atoms with Crippen LogP contribution in [-0.4, -0.2) is 18.2 Å². The lowest BCUT2D eigenvalue weighted by Crippen LogP contribution is -2.64. The third kappa shape index (κ3) is 1.11. The van der Waals surface area contributed by atoms with Gasteiger partial charge in [-0.25, -0.2) is 0 Å². The van der Waals surface area contributed by atoms with Gasteiger partial charge in [0.1, 0.15) is 6.10 Å². The molecule has 1 aromatic carbocycles. The van der Waals surface area contributed by atoms with Crippen LogP contribution in [0.5, 0.6) is 0 Å². The molecule has 3 heterocycles. The summed E-state index contributed by atoms with van der Waals surface area (Å²) in [4.78, 5) is 25.0. The number of carbonyl (C=O) groups excluding carboxylic acids is 1. The molecule has 0 amide bonds. The van der Waals surface area contributed by atoms with E-state index in [4.69, 9.17) is 9.47 Å². The van der Waals surface area contributed by atoms with Crippen LogP contribution in [0.2, 0.25) is 0 Å². The molecule has 0 N–H and O–H groups in total. The lowest BCUT2D eigenvalue weighted by molar-refractivity contribution is -0.215. The summed E-state index contributed by atoms with van der Waals surface area (Å²) in [6, 6.07) is 3.52. The highest BCUT2D eigenvalue weighted by atomic mass is 16.6. The first kappa shape index (κ1) is 12.7. The fourth-order valence-corrected chi connectivity index (χ4v) is 6.56. The van der Waals surface area contributed by atoms with Gasteiger partial charge in [-0.2, -0.15) is 0 Å². The van der Waals surface area contributed by atoms with Gasteiger partial charge in [-0.05, 0) is 54.2 Å². The first-order valence-electron chi connectivity index (χ1n) is 8.58. The van der Waals surface area contributed by atoms with Crippen molar-refractivity contribution < 1.29 is 14.3 Å². The minimum absolute atomic E-state index is 0.00826. The molecular weight excluding hydrogens is 292 g/mol. The monoisotopic (exact) mass is 310 g/mol. The van der Waals surface area contributed by atoms with E-state index in [-0.39, 0.29) is 47.5 Å². The SMILES string of the molecule is Cc1cc(=O)cc2c3c1[C@@H]1O[C@@H]4[C@@H]5OC(=O)[C@](CC2)([C@@H]4C)[C@H]3[C@@H]51. The summed E-state index contributed by atoms with van der Waals surface area (Å²) < 4.78 is 12.3. The molecule has 7 rings (SSSR count). The van der Waals surface area contributed by atoms with Gasteiger partial charge < -0.3 is 9.47 Å². The van der Waals surface area contributed by atoms with Crippen LogP contribution in [-0.2, 0) is 20.7 Å². The highest BCUT2D eigenvalue weighted by molar-refractivity contribution is 5.83. The Morgan fingerprint density at radius 1 is 1.17 bits per heavy atom. The molecule has 4 fully saturated rings. The van der Waals surface area contributed by atoms with Crippen molar-refractivity contribution in [3.05, 3.63) is 44.6 Å². The van der Waals surface area contributed by atoms with Gasteiger partial charge in [-0.1, -0.05) is 6.92 Å². The molecule has 3 aliphatic carbocycles. The quantitative estimate of drug-likeness (QED) is 0.688. The van der Waals surface area contributed by atoms with E-state index in [2.05, 4.69) is 6.92 Å². The smallest absolute Gasteiger partial charge is 0.313 e. The minimum atomic E-state index is -0.444. The van der Waals surface area contributed by atoms with Crippen molar-refractivity contribution in [1.29, 1.82) is 0 Å². The molecule has 3 saturated heterocycles. The largest absolute Gasteiger partial charge is 0.459 e. The molecule has 1 spiro atoms. The number of hydrogen-bond acceptors (Lipinski definition) is 4. The molecule has 3 aliphatic heterocycles. The van der Waals surface area contributed by atoms with Crippen LogP contribution in [0.15, 0.2) is 16.9 Å². The zero-order valence-electron chi connectivity index (χ0n) is 13.2. The van der Waals surface area contributed by atoms with E-state index in [1.165, 1.54) is 11.1 Å². The first-order valence-corrected chi connectivity index (χ1v) is 8.58. The maximum atomic E-state index is 12.9. The Kier molecular flexibility index (Phi) is 1.95. The Hall–Kier alpha value is -1.68. The third-order valence-electron chi connectivity index (χ3n) is 7.36. The van der Waals surface area contributed by atoms with E-state index in [1.807, 2.05) is 6.92 Å². The van der Waals surface area contributed by atoms with Crippen molar-refractivity contribution in [3.63, 3.8) is 0 Å². The zero-order chi connectivity index (χ0) is 15.7. The molecule has 4 bridgehead atoms. The fraction of sp³-hybridized carbons (Fsp3) is 0.579. The second-order valence-electron chi connectivity index (χ2n) is 8.00. The molecule has 0 aromatic heterocycles. The average molecular weight is 310 g/mol. The first-order chi connectivity index (χ1) is 11.0. The number of rotatable bonds is 0. The summed E-state index contributed by atoms with van der Waals surface area (Å²) in [5, 5.41) is 0. The normalized spacial score (nSPS) is 47.0. The van der Waals surface area contributed by atoms with Crippen LogP contribution in [0.4, 0.5) is 0 Å². The fourth-order valence-electron chi connectivity index (χ4n) is 6.56. The number of fused-ring (bicyclic) bond motifs is 2. The van der Waals surface area contributed by atoms with E-state index in [1.54, 1.807) is 12.1 Å².